The Morgan fingerprint density at radius 3 is 2.62 bits per heavy atom. The van der Waals surface area contributed by atoms with Crippen LogP contribution in [0.2, 0.25) is 4.34 Å². The maximum absolute atomic E-state index is 12.2. The Bertz CT molecular complexity index is 756. The molecule has 1 aliphatic rings. The van der Waals surface area contributed by atoms with Gasteiger partial charge in [-0.2, -0.15) is 0 Å². The van der Waals surface area contributed by atoms with Crippen LogP contribution >= 0.6 is 22.9 Å². The van der Waals surface area contributed by atoms with Gasteiger partial charge in [-0.05, 0) is 37.1 Å². The van der Waals surface area contributed by atoms with E-state index in [9.17, 15) is 9.59 Å². The molecular formula is C16H17ClN4O2S. The van der Waals surface area contributed by atoms with Gasteiger partial charge in [0.15, 0.2) is 0 Å². The molecule has 3 rings (SSSR count). The highest BCUT2D eigenvalue weighted by atomic mass is 35.5. The van der Waals surface area contributed by atoms with Gasteiger partial charge in [-0.3, -0.25) is 9.78 Å². The molecule has 6 nitrogen and oxygen atoms in total. The third kappa shape index (κ3) is 3.52. The summed E-state index contributed by atoms with van der Waals surface area (Å²) in [5, 5.41) is 2.80. The molecule has 1 fully saturated rings. The highest BCUT2D eigenvalue weighted by molar-refractivity contribution is 7.19. The third-order valence-corrected chi connectivity index (χ3v) is 5.48. The first kappa shape index (κ1) is 16.7. The number of hydrogen-bond acceptors (Lipinski definition) is 4. The first-order chi connectivity index (χ1) is 11.4. The molecule has 0 radical (unpaired) electrons. The van der Waals surface area contributed by atoms with E-state index in [1.54, 1.807) is 24.2 Å². The van der Waals surface area contributed by atoms with Crippen LogP contribution in [0.4, 0.5) is 10.5 Å². The van der Waals surface area contributed by atoms with E-state index >= 15 is 0 Å². The molecule has 0 saturated heterocycles. The molecule has 8 heteroatoms. The number of amides is 3. The second kappa shape index (κ2) is 6.78. The van der Waals surface area contributed by atoms with E-state index in [2.05, 4.69) is 10.3 Å². The number of pyridine rings is 1. The molecule has 24 heavy (non-hydrogen) atoms. The quantitative estimate of drug-likeness (QED) is 0.873. The Morgan fingerprint density at radius 1 is 1.33 bits per heavy atom. The van der Waals surface area contributed by atoms with Gasteiger partial charge in [0, 0.05) is 19.0 Å². The molecule has 2 aromatic rings. The lowest BCUT2D eigenvalue weighted by Crippen LogP contribution is -2.50. The number of nitrogens with two attached hydrogens (primary N) is 1. The second-order valence-corrected chi connectivity index (χ2v) is 7.52. The molecule has 126 valence electrons. The average molecular weight is 365 g/mol. The number of rotatable bonds is 4. The van der Waals surface area contributed by atoms with Crippen molar-refractivity contribution in [1.82, 2.24) is 9.88 Å². The molecule has 2 aromatic heterocycles. The van der Waals surface area contributed by atoms with Crippen molar-refractivity contribution >= 4 is 40.6 Å². The monoisotopic (exact) mass is 364 g/mol. The normalized spacial score (nSPS) is 19.4. The molecule has 0 spiro atoms. The van der Waals surface area contributed by atoms with E-state index in [0.717, 1.165) is 10.6 Å². The first-order valence-electron chi connectivity index (χ1n) is 7.49. The summed E-state index contributed by atoms with van der Waals surface area (Å²) in [6, 6.07) is 7.19. The Hall–Kier alpha value is -2.12. The summed E-state index contributed by atoms with van der Waals surface area (Å²) >= 11 is 7.38. The number of hydrogen-bond donors (Lipinski definition) is 2. The number of primary amides is 1. The second-order valence-electron chi connectivity index (χ2n) is 5.80. The van der Waals surface area contributed by atoms with Gasteiger partial charge >= 0.3 is 6.03 Å². The van der Waals surface area contributed by atoms with Crippen molar-refractivity contribution in [1.29, 1.82) is 0 Å². The predicted molar refractivity (Wildman–Crippen MR) is 95.0 cm³/mol. The van der Waals surface area contributed by atoms with Crippen LogP contribution in [0.3, 0.4) is 0 Å². The summed E-state index contributed by atoms with van der Waals surface area (Å²) in [5.41, 5.74) is 6.67. The molecule has 3 amide bonds. The molecule has 1 saturated carbocycles. The van der Waals surface area contributed by atoms with Crippen LogP contribution in [-0.4, -0.2) is 34.9 Å². The van der Waals surface area contributed by atoms with Crippen molar-refractivity contribution in [3.8, 4) is 10.6 Å². The number of halogens is 1. The molecule has 0 atom stereocenters. The van der Waals surface area contributed by atoms with Crippen LogP contribution < -0.4 is 11.1 Å². The van der Waals surface area contributed by atoms with Crippen LogP contribution in [-0.2, 0) is 4.79 Å². The molecule has 0 aliphatic heterocycles. The Balaban J connectivity index is 1.58. The molecule has 0 unspecified atom stereocenters. The van der Waals surface area contributed by atoms with E-state index in [0.29, 0.717) is 22.9 Å². The van der Waals surface area contributed by atoms with Gasteiger partial charge in [-0.1, -0.05) is 11.6 Å². The lowest BCUT2D eigenvalue weighted by molar-refractivity contribution is -0.125. The van der Waals surface area contributed by atoms with Crippen LogP contribution in [0.1, 0.15) is 12.8 Å². The van der Waals surface area contributed by atoms with Gasteiger partial charge < -0.3 is 16.0 Å². The molecular weight excluding hydrogens is 348 g/mol. The largest absolute Gasteiger partial charge is 0.369 e. The van der Waals surface area contributed by atoms with Crippen molar-refractivity contribution in [2.45, 2.75) is 18.9 Å². The minimum atomic E-state index is -0.298. The number of nitrogens with zero attached hydrogens (tertiary/aromatic N) is 2. The zero-order valence-corrected chi connectivity index (χ0v) is 14.6. The highest BCUT2D eigenvalue weighted by Gasteiger charge is 2.37. The maximum atomic E-state index is 12.2. The first-order valence-corrected chi connectivity index (χ1v) is 8.68. The van der Waals surface area contributed by atoms with Gasteiger partial charge in [-0.25, -0.2) is 4.79 Å². The zero-order chi connectivity index (χ0) is 17.3. The number of nitrogens with one attached hydrogen (secondary N) is 1. The summed E-state index contributed by atoms with van der Waals surface area (Å²) in [4.78, 5) is 30.2. The van der Waals surface area contributed by atoms with Gasteiger partial charge in [-0.15, -0.1) is 11.3 Å². The van der Waals surface area contributed by atoms with E-state index in [1.807, 2.05) is 18.2 Å². The van der Waals surface area contributed by atoms with Crippen LogP contribution in [0, 0.1) is 5.92 Å². The summed E-state index contributed by atoms with van der Waals surface area (Å²) in [7, 11) is 1.71. The van der Waals surface area contributed by atoms with Gasteiger partial charge in [0.25, 0.3) is 0 Å². The predicted octanol–water partition coefficient (Wildman–Crippen LogP) is 3.19. The fourth-order valence-corrected chi connectivity index (χ4v) is 3.60. The minimum Gasteiger partial charge on any atom is -0.369 e. The Kier molecular flexibility index (Phi) is 4.73. The summed E-state index contributed by atoms with van der Waals surface area (Å²) in [5.74, 6) is -0.419. The van der Waals surface area contributed by atoms with Crippen molar-refractivity contribution in [2.24, 2.45) is 11.7 Å². The standard InChI is InChI=1S/C16H17ClN4O2S/c1-21(11-6-9(7-11)15(18)22)16(23)20-10-2-3-12(19-8-10)13-4-5-14(17)24-13/h2-5,8-9,11H,6-7H2,1H3,(H2,18,22)(H,20,23). The lowest BCUT2D eigenvalue weighted by Gasteiger charge is -2.39. The fourth-order valence-electron chi connectivity index (χ4n) is 2.58. The lowest BCUT2D eigenvalue weighted by atomic mass is 9.79. The van der Waals surface area contributed by atoms with Crippen molar-refractivity contribution < 1.29 is 9.59 Å². The maximum Gasteiger partial charge on any atom is 0.321 e. The van der Waals surface area contributed by atoms with Crippen molar-refractivity contribution in [3.63, 3.8) is 0 Å². The zero-order valence-electron chi connectivity index (χ0n) is 13.0. The van der Waals surface area contributed by atoms with Gasteiger partial charge in [0.1, 0.15) is 0 Å². The summed E-state index contributed by atoms with van der Waals surface area (Å²) < 4.78 is 0.709. The van der Waals surface area contributed by atoms with E-state index in [-0.39, 0.29) is 23.9 Å². The number of carbonyl (C=O) groups is 2. The average Bonchev–Trinajstić information content (AvgIpc) is 2.92. The van der Waals surface area contributed by atoms with Crippen LogP contribution in [0.15, 0.2) is 30.5 Å². The number of thiophene rings is 1. The fraction of sp³-hybridized carbons (Fsp3) is 0.312. The number of urea groups is 1. The number of aromatic nitrogens is 1. The SMILES string of the molecule is CN(C(=O)Nc1ccc(-c2ccc(Cl)s2)nc1)C1CC(C(N)=O)C1. The summed E-state index contributed by atoms with van der Waals surface area (Å²) in [6.07, 6.45) is 2.85. The van der Waals surface area contributed by atoms with E-state index < -0.39 is 0 Å². The number of anilines is 1. The smallest absolute Gasteiger partial charge is 0.321 e. The molecule has 2 heterocycles. The van der Waals surface area contributed by atoms with E-state index in [1.165, 1.54) is 11.3 Å². The van der Waals surface area contributed by atoms with Gasteiger partial charge in [0.05, 0.1) is 26.8 Å². The van der Waals surface area contributed by atoms with E-state index in [4.69, 9.17) is 17.3 Å². The molecule has 0 bridgehead atoms. The number of carbonyl (C=O) groups excluding carboxylic acids is 2. The van der Waals surface area contributed by atoms with Crippen LogP contribution in [0.5, 0.6) is 0 Å². The highest BCUT2D eigenvalue weighted by Crippen LogP contribution is 2.32. The Labute approximate surface area is 148 Å². The molecule has 1 aliphatic carbocycles. The van der Waals surface area contributed by atoms with Gasteiger partial charge in [0.2, 0.25) is 5.91 Å². The molecule has 3 N–H and O–H groups in total. The van der Waals surface area contributed by atoms with Crippen molar-refractivity contribution in [3.05, 3.63) is 34.8 Å². The Morgan fingerprint density at radius 2 is 2.08 bits per heavy atom. The van der Waals surface area contributed by atoms with Crippen molar-refractivity contribution in [2.75, 3.05) is 12.4 Å². The molecule has 0 aromatic carbocycles. The third-order valence-electron chi connectivity index (χ3n) is 4.22. The minimum absolute atomic E-state index is 0.0444. The summed E-state index contributed by atoms with van der Waals surface area (Å²) in [6.45, 7) is 0. The topological polar surface area (TPSA) is 88.3 Å². The van der Waals surface area contributed by atoms with Crippen LogP contribution in [0.25, 0.3) is 10.6 Å².